The van der Waals surface area contributed by atoms with Crippen LogP contribution in [0.2, 0.25) is 0 Å². The fourth-order valence-corrected chi connectivity index (χ4v) is 5.05. The van der Waals surface area contributed by atoms with Crippen molar-refractivity contribution in [2.24, 2.45) is 0 Å². The van der Waals surface area contributed by atoms with Crippen molar-refractivity contribution in [3.8, 4) is 11.5 Å². The second kappa shape index (κ2) is 15.4. The van der Waals surface area contributed by atoms with Crippen molar-refractivity contribution in [3.05, 3.63) is 23.3 Å². The topological polar surface area (TPSA) is 38.8 Å². The number of carbonyl (C=O) groups is 1. The maximum atomic E-state index is 12.9. The van der Waals surface area contributed by atoms with Gasteiger partial charge in [0.05, 0.1) is 13.7 Å². The van der Waals surface area contributed by atoms with Crippen LogP contribution >= 0.6 is 0 Å². The zero-order chi connectivity index (χ0) is 26.5. The van der Waals surface area contributed by atoms with Crippen LogP contribution in [0.5, 0.6) is 11.5 Å². The molecule has 0 radical (unpaired) electrons. The van der Waals surface area contributed by atoms with Crippen LogP contribution in [0, 0.1) is 0 Å². The van der Waals surface area contributed by atoms with Gasteiger partial charge in [-0.3, -0.25) is 4.79 Å². The van der Waals surface area contributed by atoms with E-state index in [9.17, 15) is 4.79 Å². The first-order valence-electron chi connectivity index (χ1n) is 14.2. The molecule has 0 saturated carbocycles. The summed E-state index contributed by atoms with van der Waals surface area (Å²) in [4.78, 5) is 14.9. The van der Waals surface area contributed by atoms with Gasteiger partial charge in [-0.1, -0.05) is 81.1 Å². The molecule has 1 aromatic rings. The van der Waals surface area contributed by atoms with Crippen LogP contribution in [-0.4, -0.2) is 37.6 Å². The molecule has 1 amide bonds. The SMILES string of the molecule is CCCCN(CCCC)C(=O)CCCOc1cc(C(C)(C)CCC)c(OC)cc1C(C)(C)CCC. The van der Waals surface area contributed by atoms with E-state index in [2.05, 4.69) is 72.4 Å². The number of nitrogens with zero attached hydrogens (tertiary/aromatic N) is 1. The predicted octanol–water partition coefficient (Wildman–Crippen LogP) is 8.44. The average Bonchev–Trinajstić information content (AvgIpc) is 2.81. The third-order valence-corrected chi connectivity index (χ3v) is 7.22. The summed E-state index contributed by atoms with van der Waals surface area (Å²) in [6, 6.07) is 4.43. The Morgan fingerprint density at radius 3 is 1.71 bits per heavy atom. The number of carbonyl (C=O) groups excluding carboxylic acids is 1. The van der Waals surface area contributed by atoms with E-state index < -0.39 is 0 Å². The van der Waals surface area contributed by atoms with Crippen molar-refractivity contribution in [2.75, 3.05) is 26.8 Å². The fourth-order valence-electron chi connectivity index (χ4n) is 5.05. The molecule has 0 saturated heterocycles. The van der Waals surface area contributed by atoms with Gasteiger partial charge in [0, 0.05) is 30.6 Å². The molecule has 0 aliphatic rings. The normalized spacial score (nSPS) is 12.0. The molecule has 0 aromatic heterocycles. The molecule has 0 aliphatic heterocycles. The van der Waals surface area contributed by atoms with E-state index in [-0.39, 0.29) is 16.7 Å². The number of unbranched alkanes of at least 4 members (excludes halogenated alkanes) is 2. The Balaban J connectivity index is 3.09. The second-order valence-corrected chi connectivity index (χ2v) is 11.4. The third-order valence-electron chi connectivity index (χ3n) is 7.22. The molecule has 0 unspecified atom stereocenters. The van der Waals surface area contributed by atoms with Gasteiger partial charge in [0.1, 0.15) is 11.5 Å². The number of hydrogen-bond acceptors (Lipinski definition) is 3. The minimum absolute atomic E-state index is 0.000650. The van der Waals surface area contributed by atoms with Crippen molar-refractivity contribution >= 4 is 5.91 Å². The molecule has 0 bridgehead atoms. The zero-order valence-electron chi connectivity index (χ0n) is 24.5. The van der Waals surface area contributed by atoms with Gasteiger partial charge < -0.3 is 14.4 Å². The highest BCUT2D eigenvalue weighted by molar-refractivity contribution is 5.76. The van der Waals surface area contributed by atoms with Crippen molar-refractivity contribution in [1.29, 1.82) is 0 Å². The summed E-state index contributed by atoms with van der Waals surface area (Å²) in [5, 5.41) is 0. The molecule has 1 aromatic carbocycles. The highest BCUT2D eigenvalue weighted by atomic mass is 16.5. The summed E-state index contributed by atoms with van der Waals surface area (Å²) in [6.07, 6.45) is 10.0. The Morgan fingerprint density at radius 1 is 0.771 bits per heavy atom. The first-order valence-corrected chi connectivity index (χ1v) is 14.2. The first kappa shape index (κ1) is 31.3. The summed E-state index contributed by atoms with van der Waals surface area (Å²) in [5.74, 6) is 2.17. The highest BCUT2D eigenvalue weighted by Gasteiger charge is 2.30. The van der Waals surface area contributed by atoms with E-state index in [0.717, 1.165) is 82.4 Å². The van der Waals surface area contributed by atoms with Crippen molar-refractivity contribution < 1.29 is 14.3 Å². The summed E-state index contributed by atoms with van der Waals surface area (Å²) in [6.45, 7) is 20.3. The van der Waals surface area contributed by atoms with Gasteiger partial charge in [0.2, 0.25) is 5.91 Å². The van der Waals surface area contributed by atoms with E-state index in [1.807, 2.05) is 0 Å². The minimum atomic E-state index is -0.0162. The van der Waals surface area contributed by atoms with Crippen LogP contribution in [0.25, 0.3) is 0 Å². The Morgan fingerprint density at radius 2 is 1.26 bits per heavy atom. The molecule has 0 aliphatic carbocycles. The number of hydrogen-bond donors (Lipinski definition) is 0. The maximum absolute atomic E-state index is 12.9. The summed E-state index contributed by atoms with van der Waals surface area (Å²) < 4.78 is 12.3. The van der Waals surface area contributed by atoms with E-state index in [1.54, 1.807) is 7.11 Å². The lowest BCUT2D eigenvalue weighted by Crippen LogP contribution is -2.33. The van der Waals surface area contributed by atoms with E-state index in [0.29, 0.717) is 13.0 Å². The lowest BCUT2D eigenvalue weighted by molar-refractivity contribution is -0.131. The van der Waals surface area contributed by atoms with Gasteiger partial charge in [-0.25, -0.2) is 0 Å². The standard InChI is InChI=1S/C31H55NO3/c1-10-14-20-32(21-15-11-2)29(33)17-16-22-35-28-24-25(30(5,6)18-12-3)27(34-9)23-26(28)31(7,8)19-13-4/h23-24H,10-22H2,1-9H3. The van der Waals surface area contributed by atoms with Gasteiger partial charge in [-0.2, -0.15) is 0 Å². The van der Waals surface area contributed by atoms with Gasteiger partial charge >= 0.3 is 0 Å². The quantitative estimate of drug-likeness (QED) is 0.194. The molecule has 0 spiro atoms. The fraction of sp³-hybridized carbons (Fsp3) is 0.774. The number of ether oxygens (including phenoxy) is 2. The Labute approximate surface area is 217 Å². The van der Waals surface area contributed by atoms with Gasteiger partial charge in [0.25, 0.3) is 0 Å². The molecular formula is C31H55NO3. The van der Waals surface area contributed by atoms with Crippen molar-refractivity contribution in [2.45, 2.75) is 130 Å². The van der Waals surface area contributed by atoms with Crippen molar-refractivity contribution in [1.82, 2.24) is 4.90 Å². The first-order chi connectivity index (χ1) is 16.6. The molecule has 0 atom stereocenters. The number of amides is 1. The summed E-state index contributed by atoms with van der Waals surface area (Å²) >= 11 is 0. The minimum Gasteiger partial charge on any atom is -0.496 e. The van der Waals surface area contributed by atoms with Crippen LogP contribution in [-0.2, 0) is 15.6 Å². The van der Waals surface area contributed by atoms with Crippen LogP contribution < -0.4 is 9.47 Å². The molecule has 4 heteroatoms. The molecule has 1 rings (SSSR count). The predicted molar refractivity (Wildman–Crippen MR) is 150 cm³/mol. The molecular weight excluding hydrogens is 434 g/mol. The molecule has 0 fully saturated rings. The maximum Gasteiger partial charge on any atom is 0.222 e. The van der Waals surface area contributed by atoms with Gasteiger partial charge in [-0.05, 0) is 55.1 Å². The Hall–Kier alpha value is -1.71. The molecule has 35 heavy (non-hydrogen) atoms. The molecule has 0 N–H and O–H groups in total. The second-order valence-electron chi connectivity index (χ2n) is 11.4. The van der Waals surface area contributed by atoms with Gasteiger partial charge in [0.15, 0.2) is 0 Å². The molecule has 202 valence electrons. The third kappa shape index (κ3) is 9.69. The monoisotopic (exact) mass is 489 g/mol. The van der Waals surface area contributed by atoms with E-state index in [1.165, 1.54) is 11.1 Å². The van der Waals surface area contributed by atoms with Crippen LogP contribution in [0.15, 0.2) is 12.1 Å². The zero-order valence-corrected chi connectivity index (χ0v) is 24.5. The van der Waals surface area contributed by atoms with Crippen LogP contribution in [0.4, 0.5) is 0 Å². The largest absolute Gasteiger partial charge is 0.496 e. The number of methoxy groups -OCH3 is 1. The average molecular weight is 490 g/mol. The van der Waals surface area contributed by atoms with Gasteiger partial charge in [-0.15, -0.1) is 0 Å². The highest BCUT2D eigenvalue weighted by Crippen LogP contribution is 2.44. The Bertz CT molecular complexity index is 746. The van der Waals surface area contributed by atoms with Crippen LogP contribution in [0.3, 0.4) is 0 Å². The lowest BCUT2D eigenvalue weighted by atomic mass is 9.75. The Kier molecular flexibility index (Phi) is 13.8. The summed E-state index contributed by atoms with van der Waals surface area (Å²) in [7, 11) is 1.77. The summed E-state index contributed by atoms with van der Waals surface area (Å²) in [5.41, 5.74) is 2.39. The molecule has 0 heterocycles. The van der Waals surface area contributed by atoms with Crippen molar-refractivity contribution in [3.63, 3.8) is 0 Å². The number of benzene rings is 1. The smallest absolute Gasteiger partial charge is 0.222 e. The molecule has 4 nitrogen and oxygen atoms in total. The lowest BCUT2D eigenvalue weighted by Gasteiger charge is -2.32. The van der Waals surface area contributed by atoms with E-state index in [4.69, 9.17) is 9.47 Å². The van der Waals surface area contributed by atoms with Crippen LogP contribution in [0.1, 0.15) is 131 Å². The number of rotatable bonds is 18. The van der Waals surface area contributed by atoms with E-state index >= 15 is 0 Å².